The molecule has 17 heavy (non-hydrogen) atoms. The van der Waals surface area contributed by atoms with Crippen LogP contribution in [0.25, 0.3) is 0 Å². The summed E-state index contributed by atoms with van der Waals surface area (Å²) in [6, 6.07) is 4.16. The molecule has 0 saturated carbocycles. The molecular formula is C13H19FN2O. The molecule has 2 N–H and O–H groups in total. The van der Waals surface area contributed by atoms with Gasteiger partial charge in [-0.15, -0.1) is 0 Å². The van der Waals surface area contributed by atoms with Gasteiger partial charge in [0, 0.05) is 25.7 Å². The molecule has 94 valence electrons. The van der Waals surface area contributed by atoms with Gasteiger partial charge >= 0.3 is 0 Å². The fourth-order valence-electron chi connectivity index (χ4n) is 2.21. The molecule has 1 aromatic carbocycles. The molecule has 1 aromatic rings. The number of benzene rings is 1. The highest BCUT2D eigenvalue weighted by atomic mass is 19.1. The van der Waals surface area contributed by atoms with E-state index in [-0.39, 0.29) is 11.6 Å². The highest BCUT2D eigenvalue weighted by Gasteiger charge is 2.09. The lowest BCUT2D eigenvalue weighted by Gasteiger charge is -2.14. The standard InChI is InChI=1S/C13H19FN2O/c14-12-7-11(8-13(17)9-12)10-15-3-6-16-4-1-2-5-16/h7-9,15,17H,1-6,10H2. The number of phenols is 1. The molecule has 0 amide bonds. The molecular weight excluding hydrogens is 219 g/mol. The fraction of sp³-hybridized carbons (Fsp3) is 0.538. The zero-order valence-electron chi connectivity index (χ0n) is 9.95. The van der Waals surface area contributed by atoms with Gasteiger partial charge in [0.1, 0.15) is 11.6 Å². The maximum Gasteiger partial charge on any atom is 0.127 e. The highest BCUT2D eigenvalue weighted by molar-refractivity contribution is 5.28. The summed E-state index contributed by atoms with van der Waals surface area (Å²) < 4.78 is 13.0. The molecule has 1 aliphatic rings. The molecule has 1 fully saturated rings. The Hall–Kier alpha value is -1.13. The van der Waals surface area contributed by atoms with Gasteiger partial charge in [0.2, 0.25) is 0 Å². The summed E-state index contributed by atoms with van der Waals surface area (Å²) in [6.07, 6.45) is 2.61. The van der Waals surface area contributed by atoms with Gasteiger partial charge < -0.3 is 15.3 Å². The van der Waals surface area contributed by atoms with E-state index in [9.17, 15) is 9.50 Å². The Kier molecular flexibility index (Phi) is 4.34. The lowest BCUT2D eigenvalue weighted by molar-refractivity contribution is 0.335. The predicted octanol–water partition coefficient (Wildman–Crippen LogP) is 1.72. The molecule has 0 atom stereocenters. The molecule has 1 heterocycles. The molecule has 0 spiro atoms. The van der Waals surface area contributed by atoms with E-state index in [2.05, 4.69) is 10.2 Å². The Morgan fingerprint density at radius 2 is 2.00 bits per heavy atom. The summed E-state index contributed by atoms with van der Waals surface area (Å²) in [7, 11) is 0. The average molecular weight is 238 g/mol. The Balaban J connectivity index is 1.70. The number of nitrogens with one attached hydrogen (secondary N) is 1. The van der Waals surface area contributed by atoms with Crippen molar-refractivity contribution in [3.8, 4) is 5.75 Å². The Bertz CT molecular complexity index is 344. The van der Waals surface area contributed by atoms with Crippen molar-refractivity contribution in [3.63, 3.8) is 0 Å². The van der Waals surface area contributed by atoms with Crippen LogP contribution in [-0.2, 0) is 6.54 Å². The van der Waals surface area contributed by atoms with Gasteiger partial charge in [-0.1, -0.05) is 0 Å². The number of nitrogens with zero attached hydrogens (tertiary/aromatic N) is 1. The summed E-state index contributed by atoms with van der Waals surface area (Å²) in [5.41, 5.74) is 0.781. The topological polar surface area (TPSA) is 35.5 Å². The first-order valence-corrected chi connectivity index (χ1v) is 6.15. The fourth-order valence-corrected chi connectivity index (χ4v) is 2.21. The first-order chi connectivity index (χ1) is 8.24. The minimum absolute atomic E-state index is 0.0126. The van der Waals surface area contributed by atoms with Gasteiger partial charge in [0.05, 0.1) is 0 Å². The molecule has 1 saturated heterocycles. The van der Waals surface area contributed by atoms with E-state index < -0.39 is 0 Å². The van der Waals surface area contributed by atoms with Crippen LogP contribution in [0.15, 0.2) is 18.2 Å². The quantitative estimate of drug-likeness (QED) is 0.767. The number of phenolic OH excluding ortho intramolecular Hbond substituents is 1. The van der Waals surface area contributed by atoms with E-state index in [0.717, 1.165) is 24.7 Å². The maximum absolute atomic E-state index is 13.0. The van der Waals surface area contributed by atoms with Crippen molar-refractivity contribution in [3.05, 3.63) is 29.6 Å². The van der Waals surface area contributed by atoms with E-state index in [4.69, 9.17) is 0 Å². The summed E-state index contributed by atoms with van der Waals surface area (Å²) in [6.45, 7) is 4.93. The summed E-state index contributed by atoms with van der Waals surface area (Å²) in [5.74, 6) is -0.400. The van der Waals surface area contributed by atoms with Gasteiger partial charge in [-0.3, -0.25) is 0 Å². The number of aromatic hydroxyl groups is 1. The normalized spacial score (nSPS) is 16.5. The van der Waals surface area contributed by atoms with Crippen LogP contribution in [0, 0.1) is 5.82 Å². The van der Waals surface area contributed by atoms with Crippen LogP contribution in [-0.4, -0.2) is 36.2 Å². The average Bonchev–Trinajstić information content (AvgIpc) is 2.76. The van der Waals surface area contributed by atoms with Crippen molar-refractivity contribution in [2.45, 2.75) is 19.4 Å². The van der Waals surface area contributed by atoms with E-state index in [1.807, 2.05) is 0 Å². The Morgan fingerprint density at radius 1 is 1.24 bits per heavy atom. The van der Waals surface area contributed by atoms with Crippen molar-refractivity contribution in [2.24, 2.45) is 0 Å². The number of likely N-dealkylation sites (tertiary alicyclic amines) is 1. The molecule has 2 rings (SSSR count). The molecule has 0 aliphatic carbocycles. The lowest BCUT2D eigenvalue weighted by Crippen LogP contribution is -2.29. The van der Waals surface area contributed by atoms with Gasteiger partial charge in [-0.25, -0.2) is 4.39 Å². The van der Waals surface area contributed by atoms with Crippen LogP contribution in [0.5, 0.6) is 5.75 Å². The molecule has 0 radical (unpaired) electrons. The van der Waals surface area contributed by atoms with Gasteiger partial charge in [-0.2, -0.15) is 0 Å². The van der Waals surface area contributed by atoms with E-state index >= 15 is 0 Å². The molecule has 3 nitrogen and oxygen atoms in total. The van der Waals surface area contributed by atoms with Gasteiger partial charge in [0.15, 0.2) is 0 Å². The first kappa shape index (κ1) is 12.3. The van der Waals surface area contributed by atoms with Crippen molar-refractivity contribution in [1.82, 2.24) is 10.2 Å². The monoisotopic (exact) mass is 238 g/mol. The van der Waals surface area contributed by atoms with Crippen molar-refractivity contribution in [2.75, 3.05) is 26.2 Å². The number of hydrogen-bond acceptors (Lipinski definition) is 3. The first-order valence-electron chi connectivity index (χ1n) is 6.15. The predicted molar refractivity (Wildman–Crippen MR) is 65.4 cm³/mol. The van der Waals surface area contributed by atoms with Crippen molar-refractivity contribution in [1.29, 1.82) is 0 Å². The van der Waals surface area contributed by atoms with Crippen LogP contribution < -0.4 is 5.32 Å². The van der Waals surface area contributed by atoms with Crippen molar-refractivity contribution >= 4 is 0 Å². The number of rotatable bonds is 5. The second kappa shape index (κ2) is 5.98. The molecule has 0 aromatic heterocycles. The third-order valence-electron chi connectivity index (χ3n) is 3.07. The third kappa shape index (κ3) is 3.98. The molecule has 1 aliphatic heterocycles. The molecule has 0 bridgehead atoms. The summed E-state index contributed by atoms with van der Waals surface area (Å²) in [4.78, 5) is 2.43. The van der Waals surface area contributed by atoms with Crippen LogP contribution in [0.4, 0.5) is 4.39 Å². The number of hydrogen-bond donors (Lipinski definition) is 2. The van der Waals surface area contributed by atoms with Gasteiger partial charge in [0.25, 0.3) is 0 Å². The SMILES string of the molecule is Oc1cc(F)cc(CNCCN2CCCC2)c1. The van der Waals surface area contributed by atoms with Crippen LogP contribution >= 0.6 is 0 Å². The van der Waals surface area contributed by atoms with Crippen molar-refractivity contribution < 1.29 is 9.50 Å². The Labute approximate surface area is 101 Å². The van der Waals surface area contributed by atoms with Crippen LogP contribution in [0.3, 0.4) is 0 Å². The van der Waals surface area contributed by atoms with Crippen LogP contribution in [0.1, 0.15) is 18.4 Å². The maximum atomic E-state index is 13.0. The second-order valence-corrected chi connectivity index (χ2v) is 4.54. The van der Waals surface area contributed by atoms with E-state index in [1.54, 1.807) is 6.07 Å². The summed E-state index contributed by atoms with van der Waals surface area (Å²) in [5, 5.41) is 12.5. The smallest absolute Gasteiger partial charge is 0.127 e. The van der Waals surface area contributed by atoms with E-state index in [0.29, 0.717) is 6.54 Å². The zero-order valence-corrected chi connectivity index (χ0v) is 9.95. The summed E-state index contributed by atoms with van der Waals surface area (Å²) >= 11 is 0. The second-order valence-electron chi connectivity index (χ2n) is 4.54. The lowest BCUT2D eigenvalue weighted by atomic mass is 10.2. The minimum atomic E-state index is -0.388. The molecule has 0 unspecified atom stereocenters. The molecule has 4 heteroatoms. The van der Waals surface area contributed by atoms with Crippen LogP contribution in [0.2, 0.25) is 0 Å². The third-order valence-corrected chi connectivity index (χ3v) is 3.07. The largest absolute Gasteiger partial charge is 0.508 e. The Morgan fingerprint density at radius 3 is 2.71 bits per heavy atom. The highest BCUT2D eigenvalue weighted by Crippen LogP contribution is 2.14. The zero-order chi connectivity index (χ0) is 12.1. The number of halogens is 1. The van der Waals surface area contributed by atoms with E-state index in [1.165, 1.54) is 32.0 Å². The minimum Gasteiger partial charge on any atom is -0.508 e. The van der Waals surface area contributed by atoms with Gasteiger partial charge in [-0.05, 0) is 43.6 Å².